The lowest BCUT2D eigenvalue weighted by Gasteiger charge is -2.31. The molecule has 1 fully saturated rings. The summed E-state index contributed by atoms with van der Waals surface area (Å²) in [7, 11) is 0. The molecule has 1 aromatic heterocycles. The molecule has 0 radical (unpaired) electrons. The van der Waals surface area contributed by atoms with E-state index in [4.69, 9.17) is 5.73 Å². The second-order valence-electron chi connectivity index (χ2n) is 7.15. The molecule has 0 bridgehead atoms. The van der Waals surface area contributed by atoms with Crippen LogP contribution in [0.5, 0.6) is 0 Å². The van der Waals surface area contributed by atoms with Crippen LogP contribution in [0.2, 0.25) is 0 Å². The summed E-state index contributed by atoms with van der Waals surface area (Å²) in [6, 6.07) is 12.7. The average Bonchev–Trinajstić information content (AvgIpc) is 2.64. The molecule has 0 aliphatic carbocycles. The van der Waals surface area contributed by atoms with Crippen molar-refractivity contribution in [3.05, 3.63) is 65.0 Å². The molecule has 0 spiro atoms. The number of amides is 1. The highest BCUT2D eigenvalue weighted by molar-refractivity contribution is 5.76. The van der Waals surface area contributed by atoms with E-state index in [9.17, 15) is 4.79 Å². The highest BCUT2D eigenvalue weighted by atomic mass is 16.1. The second kappa shape index (κ2) is 8.92. The van der Waals surface area contributed by atoms with Crippen molar-refractivity contribution in [2.45, 2.75) is 39.4 Å². The highest BCUT2D eigenvalue weighted by Crippen LogP contribution is 2.18. The van der Waals surface area contributed by atoms with Crippen LogP contribution < -0.4 is 11.1 Å². The van der Waals surface area contributed by atoms with E-state index >= 15 is 0 Å². The molecule has 1 saturated heterocycles. The monoisotopic (exact) mass is 352 g/mol. The van der Waals surface area contributed by atoms with Crippen LogP contribution in [0.1, 0.15) is 35.2 Å². The van der Waals surface area contributed by atoms with Gasteiger partial charge in [0.05, 0.1) is 5.92 Å². The first-order valence-corrected chi connectivity index (χ1v) is 9.32. The number of aromatic nitrogens is 1. The minimum atomic E-state index is -0.168. The van der Waals surface area contributed by atoms with Crippen molar-refractivity contribution in [1.82, 2.24) is 15.2 Å². The van der Waals surface area contributed by atoms with Crippen LogP contribution in [0.3, 0.4) is 0 Å². The number of pyridine rings is 1. The molecule has 5 nitrogen and oxygen atoms in total. The van der Waals surface area contributed by atoms with Crippen LogP contribution in [0.4, 0.5) is 0 Å². The van der Waals surface area contributed by atoms with Gasteiger partial charge in [-0.1, -0.05) is 30.3 Å². The quantitative estimate of drug-likeness (QED) is 0.803. The van der Waals surface area contributed by atoms with Gasteiger partial charge in [-0.3, -0.25) is 14.7 Å². The van der Waals surface area contributed by atoms with E-state index in [-0.39, 0.29) is 11.8 Å². The first-order valence-electron chi connectivity index (χ1n) is 9.32. The Labute approximate surface area is 155 Å². The van der Waals surface area contributed by atoms with Crippen molar-refractivity contribution >= 4 is 5.91 Å². The van der Waals surface area contributed by atoms with E-state index in [1.165, 1.54) is 16.7 Å². The molecule has 138 valence electrons. The topological polar surface area (TPSA) is 71.2 Å². The zero-order valence-corrected chi connectivity index (χ0v) is 15.4. The molecule has 3 N–H and O–H groups in total. The Morgan fingerprint density at radius 2 is 2.12 bits per heavy atom. The molecule has 3 rings (SSSR count). The highest BCUT2D eigenvalue weighted by Gasteiger charge is 2.23. The number of aryl methyl sites for hydroxylation is 1. The fourth-order valence-corrected chi connectivity index (χ4v) is 3.57. The van der Waals surface area contributed by atoms with Crippen LogP contribution in [0.15, 0.2) is 42.6 Å². The second-order valence-corrected chi connectivity index (χ2v) is 7.15. The number of nitrogens with zero attached hydrogens (tertiary/aromatic N) is 2. The lowest BCUT2D eigenvalue weighted by atomic mass is 9.97. The molecule has 1 atom stereocenters. The van der Waals surface area contributed by atoms with Crippen LogP contribution in [0, 0.1) is 12.8 Å². The molecule has 26 heavy (non-hydrogen) atoms. The number of primary amides is 1. The van der Waals surface area contributed by atoms with Crippen LogP contribution in [-0.4, -0.2) is 28.9 Å². The van der Waals surface area contributed by atoms with Crippen molar-refractivity contribution in [2.24, 2.45) is 11.7 Å². The number of benzene rings is 1. The predicted octanol–water partition coefficient (Wildman–Crippen LogP) is 2.38. The fraction of sp³-hybridized carbons (Fsp3) is 0.429. The molecule has 1 amide bonds. The van der Waals surface area contributed by atoms with E-state index in [1.54, 1.807) is 0 Å². The van der Waals surface area contributed by atoms with Gasteiger partial charge in [0.2, 0.25) is 5.91 Å². The van der Waals surface area contributed by atoms with Crippen LogP contribution in [-0.2, 0) is 24.4 Å². The van der Waals surface area contributed by atoms with E-state index < -0.39 is 0 Å². The van der Waals surface area contributed by atoms with Crippen molar-refractivity contribution in [3.63, 3.8) is 0 Å². The molecular weight excluding hydrogens is 324 g/mol. The summed E-state index contributed by atoms with van der Waals surface area (Å²) in [5.74, 6) is -0.172. The van der Waals surface area contributed by atoms with Gasteiger partial charge in [0, 0.05) is 38.1 Å². The maximum atomic E-state index is 11.4. The summed E-state index contributed by atoms with van der Waals surface area (Å²) < 4.78 is 0. The molecule has 1 aliphatic heterocycles. The Bertz CT molecular complexity index is 746. The van der Waals surface area contributed by atoms with Crippen LogP contribution in [0.25, 0.3) is 0 Å². The largest absolute Gasteiger partial charge is 0.369 e. The summed E-state index contributed by atoms with van der Waals surface area (Å²) in [6.45, 7) is 6.36. The van der Waals surface area contributed by atoms with Gasteiger partial charge >= 0.3 is 0 Å². The minimum absolute atomic E-state index is 0.00341. The average molecular weight is 352 g/mol. The van der Waals surface area contributed by atoms with E-state index in [2.05, 4.69) is 45.5 Å². The zero-order valence-electron chi connectivity index (χ0n) is 15.4. The molecule has 2 aromatic rings. The number of carbonyl (C=O) groups excluding carboxylic acids is 1. The molecule has 0 unspecified atom stereocenters. The third kappa shape index (κ3) is 5.13. The predicted molar refractivity (Wildman–Crippen MR) is 103 cm³/mol. The summed E-state index contributed by atoms with van der Waals surface area (Å²) in [4.78, 5) is 18.1. The van der Waals surface area contributed by atoms with E-state index in [1.807, 2.05) is 19.2 Å². The first-order chi connectivity index (χ1) is 12.6. The van der Waals surface area contributed by atoms with Crippen molar-refractivity contribution in [3.8, 4) is 0 Å². The molecule has 5 heteroatoms. The number of hydrogen-bond donors (Lipinski definition) is 2. The zero-order chi connectivity index (χ0) is 18.4. The molecule has 1 aromatic carbocycles. The summed E-state index contributed by atoms with van der Waals surface area (Å²) in [5.41, 5.74) is 10.3. The third-order valence-corrected chi connectivity index (χ3v) is 5.07. The Morgan fingerprint density at radius 3 is 2.92 bits per heavy atom. The van der Waals surface area contributed by atoms with Gasteiger partial charge in [-0.25, -0.2) is 0 Å². The van der Waals surface area contributed by atoms with E-state index in [0.29, 0.717) is 0 Å². The van der Waals surface area contributed by atoms with Gasteiger partial charge in [-0.15, -0.1) is 0 Å². The lowest BCUT2D eigenvalue weighted by molar-refractivity contribution is -0.123. The van der Waals surface area contributed by atoms with Gasteiger partial charge < -0.3 is 11.1 Å². The van der Waals surface area contributed by atoms with Crippen molar-refractivity contribution in [1.29, 1.82) is 0 Å². The number of piperidine rings is 1. The lowest BCUT2D eigenvalue weighted by Crippen LogP contribution is -2.40. The third-order valence-electron chi connectivity index (χ3n) is 5.07. The summed E-state index contributed by atoms with van der Waals surface area (Å²) >= 11 is 0. The maximum Gasteiger partial charge on any atom is 0.221 e. The smallest absolute Gasteiger partial charge is 0.221 e. The molecule has 2 heterocycles. The standard InChI is InChI=1S/C21H28N4O/c1-16-19(7-3-9-24-16)13-23-12-17-5-2-6-18(11-17)14-25-10-4-8-20(15-25)21(22)26/h2-3,5-7,9,11,20,23H,4,8,10,12-15H2,1H3,(H2,22,26)/t20-/m1/s1. The number of hydrogen-bond acceptors (Lipinski definition) is 4. The Hall–Kier alpha value is -2.24. The van der Waals surface area contributed by atoms with Crippen molar-refractivity contribution < 1.29 is 4.79 Å². The van der Waals surface area contributed by atoms with Gasteiger partial charge in [-0.05, 0) is 49.1 Å². The van der Waals surface area contributed by atoms with Gasteiger partial charge in [-0.2, -0.15) is 0 Å². The van der Waals surface area contributed by atoms with Gasteiger partial charge in [0.15, 0.2) is 0 Å². The number of carbonyl (C=O) groups is 1. The minimum Gasteiger partial charge on any atom is -0.369 e. The van der Waals surface area contributed by atoms with Gasteiger partial charge in [0.25, 0.3) is 0 Å². The normalized spacial score (nSPS) is 18.0. The van der Waals surface area contributed by atoms with Crippen LogP contribution >= 0.6 is 0 Å². The first kappa shape index (κ1) is 18.5. The molecule has 1 aliphatic rings. The number of likely N-dealkylation sites (tertiary alicyclic amines) is 1. The fourth-order valence-electron chi connectivity index (χ4n) is 3.57. The number of rotatable bonds is 7. The maximum absolute atomic E-state index is 11.4. The van der Waals surface area contributed by atoms with E-state index in [0.717, 1.165) is 51.3 Å². The Balaban J connectivity index is 1.53. The van der Waals surface area contributed by atoms with Gasteiger partial charge in [0.1, 0.15) is 0 Å². The molecular formula is C21H28N4O. The number of nitrogens with one attached hydrogen (secondary N) is 1. The summed E-state index contributed by atoms with van der Waals surface area (Å²) in [5, 5.41) is 3.50. The summed E-state index contributed by atoms with van der Waals surface area (Å²) in [6.07, 6.45) is 3.79. The SMILES string of the molecule is Cc1ncccc1CNCc1cccc(CN2CCC[C@@H](C(N)=O)C2)c1. The number of nitrogens with two attached hydrogens (primary N) is 1. The Kier molecular flexibility index (Phi) is 6.36. The Morgan fingerprint density at radius 1 is 1.27 bits per heavy atom. The van der Waals surface area contributed by atoms with Crippen molar-refractivity contribution in [2.75, 3.05) is 13.1 Å². The molecule has 0 saturated carbocycles.